The summed E-state index contributed by atoms with van der Waals surface area (Å²) in [7, 11) is 1.73. The number of ether oxygens (including phenoxy) is 1. The Kier molecular flexibility index (Phi) is 4.81. The van der Waals surface area contributed by atoms with E-state index in [2.05, 4.69) is 5.32 Å². The Bertz CT molecular complexity index is 322. The Balaban J connectivity index is 2.47. The number of hydrogen-bond donors (Lipinski definition) is 2. The molecular formula is C10H13ClFNO2. The van der Waals surface area contributed by atoms with E-state index in [1.54, 1.807) is 7.05 Å². The van der Waals surface area contributed by atoms with Gasteiger partial charge in [-0.15, -0.1) is 0 Å². The fraction of sp³-hybridized carbons (Fsp3) is 0.400. The van der Waals surface area contributed by atoms with Crippen molar-refractivity contribution < 1.29 is 14.2 Å². The molecule has 0 heterocycles. The fourth-order valence-corrected chi connectivity index (χ4v) is 1.22. The van der Waals surface area contributed by atoms with Gasteiger partial charge in [-0.2, -0.15) is 0 Å². The maximum Gasteiger partial charge on any atom is 0.142 e. The Morgan fingerprint density at radius 3 is 2.93 bits per heavy atom. The Labute approximate surface area is 92.8 Å². The third kappa shape index (κ3) is 4.03. The average Bonchev–Trinajstić information content (AvgIpc) is 2.20. The van der Waals surface area contributed by atoms with Gasteiger partial charge in [0.1, 0.15) is 24.3 Å². The van der Waals surface area contributed by atoms with Crippen LogP contribution in [0.4, 0.5) is 4.39 Å². The summed E-state index contributed by atoms with van der Waals surface area (Å²) >= 11 is 5.56. The van der Waals surface area contributed by atoms with E-state index in [4.69, 9.17) is 16.3 Å². The van der Waals surface area contributed by atoms with Crippen molar-refractivity contribution in [2.45, 2.75) is 6.10 Å². The third-order valence-corrected chi connectivity index (χ3v) is 2.06. The van der Waals surface area contributed by atoms with Crippen molar-refractivity contribution >= 4 is 11.6 Å². The molecule has 5 heteroatoms. The van der Waals surface area contributed by atoms with Crippen molar-refractivity contribution in [1.29, 1.82) is 0 Å². The molecule has 0 saturated carbocycles. The molecule has 0 bridgehead atoms. The first-order chi connectivity index (χ1) is 7.13. The highest BCUT2D eigenvalue weighted by atomic mass is 35.5. The van der Waals surface area contributed by atoms with Crippen molar-refractivity contribution in [1.82, 2.24) is 5.32 Å². The lowest BCUT2D eigenvalue weighted by Gasteiger charge is -2.11. The van der Waals surface area contributed by atoms with Crippen LogP contribution in [0.1, 0.15) is 0 Å². The third-order valence-electron chi connectivity index (χ3n) is 1.77. The molecule has 0 amide bonds. The van der Waals surface area contributed by atoms with Gasteiger partial charge in [0.05, 0.1) is 5.02 Å². The van der Waals surface area contributed by atoms with E-state index in [1.165, 1.54) is 18.2 Å². The van der Waals surface area contributed by atoms with Crippen LogP contribution < -0.4 is 10.1 Å². The summed E-state index contributed by atoms with van der Waals surface area (Å²) in [5.41, 5.74) is 0. The highest BCUT2D eigenvalue weighted by Crippen LogP contribution is 2.20. The minimum atomic E-state index is -0.598. The molecule has 0 saturated heterocycles. The smallest absolute Gasteiger partial charge is 0.142 e. The summed E-state index contributed by atoms with van der Waals surface area (Å²) in [6.45, 7) is 0.581. The molecule has 0 aliphatic carbocycles. The summed E-state index contributed by atoms with van der Waals surface area (Å²) in [6, 6.07) is 4.07. The molecule has 3 nitrogen and oxygen atoms in total. The Morgan fingerprint density at radius 2 is 2.33 bits per heavy atom. The lowest BCUT2D eigenvalue weighted by Crippen LogP contribution is -2.29. The number of likely N-dealkylation sites (N-methyl/N-ethyl adjacent to an activating group) is 1. The van der Waals surface area contributed by atoms with Crippen molar-refractivity contribution in [3.05, 3.63) is 29.0 Å². The molecule has 0 aliphatic heterocycles. The van der Waals surface area contributed by atoms with Crippen LogP contribution in [0, 0.1) is 5.82 Å². The van der Waals surface area contributed by atoms with Crippen LogP contribution in [0.3, 0.4) is 0 Å². The number of halogens is 2. The largest absolute Gasteiger partial charge is 0.491 e. The topological polar surface area (TPSA) is 41.5 Å². The fourth-order valence-electron chi connectivity index (χ4n) is 1.05. The van der Waals surface area contributed by atoms with E-state index >= 15 is 0 Å². The zero-order valence-corrected chi connectivity index (χ0v) is 9.09. The van der Waals surface area contributed by atoms with Gasteiger partial charge < -0.3 is 15.2 Å². The highest BCUT2D eigenvalue weighted by Gasteiger charge is 2.05. The molecule has 84 valence electrons. The van der Waals surface area contributed by atoms with Crippen LogP contribution >= 0.6 is 11.6 Å². The Morgan fingerprint density at radius 1 is 1.60 bits per heavy atom. The first kappa shape index (κ1) is 12.2. The number of nitrogens with one attached hydrogen (secondary N) is 1. The molecule has 15 heavy (non-hydrogen) atoms. The van der Waals surface area contributed by atoms with Crippen LogP contribution in [0.15, 0.2) is 18.2 Å². The molecule has 0 aromatic heterocycles. The second kappa shape index (κ2) is 5.90. The number of rotatable bonds is 5. The second-order valence-electron chi connectivity index (χ2n) is 3.10. The van der Waals surface area contributed by atoms with Crippen LogP contribution in [0.5, 0.6) is 5.75 Å². The number of aliphatic hydroxyl groups is 1. The minimum absolute atomic E-state index is 0.00982. The zero-order valence-electron chi connectivity index (χ0n) is 8.34. The van der Waals surface area contributed by atoms with Gasteiger partial charge in [-0.05, 0) is 19.2 Å². The monoisotopic (exact) mass is 233 g/mol. The quantitative estimate of drug-likeness (QED) is 0.809. The molecule has 2 N–H and O–H groups in total. The second-order valence-corrected chi connectivity index (χ2v) is 3.51. The van der Waals surface area contributed by atoms with Gasteiger partial charge in [-0.1, -0.05) is 11.6 Å². The summed E-state index contributed by atoms with van der Waals surface area (Å²) in [4.78, 5) is 0. The number of benzene rings is 1. The lowest BCUT2D eigenvalue weighted by atomic mass is 10.3. The van der Waals surface area contributed by atoms with Gasteiger partial charge in [0.15, 0.2) is 0 Å². The molecule has 0 aliphatic rings. The highest BCUT2D eigenvalue weighted by molar-refractivity contribution is 6.30. The molecule has 1 rings (SSSR count). The van der Waals surface area contributed by atoms with E-state index in [0.29, 0.717) is 12.3 Å². The van der Waals surface area contributed by atoms with Crippen LogP contribution in [0.2, 0.25) is 5.02 Å². The molecule has 1 atom stereocenters. The van der Waals surface area contributed by atoms with Gasteiger partial charge in [0, 0.05) is 12.6 Å². The van der Waals surface area contributed by atoms with E-state index < -0.39 is 11.9 Å². The molecule has 1 aromatic rings. The van der Waals surface area contributed by atoms with Crippen LogP contribution in [-0.4, -0.2) is 31.4 Å². The summed E-state index contributed by atoms with van der Waals surface area (Å²) in [5.74, 6) is -0.0451. The van der Waals surface area contributed by atoms with E-state index in [1.807, 2.05) is 0 Å². The first-order valence-corrected chi connectivity index (χ1v) is 4.92. The summed E-state index contributed by atoms with van der Waals surface area (Å²) in [5, 5.41) is 12.2. The SMILES string of the molecule is CNCC(O)COc1ccc(F)c(Cl)c1. The van der Waals surface area contributed by atoms with Crippen molar-refractivity contribution in [3.63, 3.8) is 0 Å². The van der Waals surface area contributed by atoms with E-state index in [-0.39, 0.29) is 11.6 Å². The predicted octanol–water partition coefficient (Wildman–Crippen LogP) is 1.44. The first-order valence-electron chi connectivity index (χ1n) is 4.54. The van der Waals surface area contributed by atoms with Crippen molar-refractivity contribution in [2.24, 2.45) is 0 Å². The molecular weight excluding hydrogens is 221 g/mol. The zero-order chi connectivity index (χ0) is 11.3. The number of aliphatic hydroxyl groups excluding tert-OH is 1. The molecule has 0 radical (unpaired) electrons. The van der Waals surface area contributed by atoms with Crippen molar-refractivity contribution in [2.75, 3.05) is 20.2 Å². The van der Waals surface area contributed by atoms with Crippen LogP contribution in [-0.2, 0) is 0 Å². The average molecular weight is 234 g/mol. The van der Waals surface area contributed by atoms with Gasteiger partial charge in [-0.3, -0.25) is 0 Å². The van der Waals surface area contributed by atoms with E-state index in [0.717, 1.165) is 0 Å². The number of hydrogen-bond acceptors (Lipinski definition) is 3. The van der Waals surface area contributed by atoms with Gasteiger partial charge in [-0.25, -0.2) is 4.39 Å². The molecule has 1 unspecified atom stereocenters. The standard InChI is InChI=1S/C10H13ClFNO2/c1-13-5-7(14)6-15-8-2-3-10(12)9(11)4-8/h2-4,7,13-14H,5-6H2,1H3. The van der Waals surface area contributed by atoms with Crippen LogP contribution in [0.25, 0.3) is 0 Å². The van der Waals surface area contributed by atoms with Gasteiger partial charge in [0.2, 0.25) is 0 Å². The normalized spacial score (nSPS) is 12.5. The predicted molar refractivity (Wildman–Crippen MR) is 56.8 cm³/mol. The molecule has 0 fully saturated rings. The molecule has 0 spiro atoms. The maximum absolute atomic E-state index is 12.8. The maximum atomic E-state index is 12.8. The van der Waals surface area contributed by atoms with Gasteiger partial charge >= 0.3 is 0 Å². The van der Waals surface area contributed by atoms with Gasteiger partial charge in [0.25, 0.3) is 0 Å². The summed E-state index contributed by atoms with van der Waals surface area (Å²) < 4.78 is 18.0. The minimum Gasteiger partial charge on any atom is -0.491 e. The van der Waals surface area contributed by atoms with Crippen molar-refractivity contribution in [3.8, 4) is 5.75 Å². The Hall–Kier alpha value is -0.840. The summed E-state index contributed by atoms with van der Waals surface area (Å²) in [6.07, 6.45) is -0.598. The lowest BCUT2D eigenvalue weighted by molar-refractivity contribution is 0.108. The molecule has 1 aromatic carbocycles. The van der Waals surface area contributed by atoms with E-state index in [9.17, 15) is 9.50 Å².